The van der Waals surface area contributed by atoms with Crippen molar-refractivity contribution < 1.29 is 4.42 Å². The molecule has 0 unspecified atom stereocenters. The van der Waals surface area contributed by atoms with Crippen LogP contribution in [-0.4, -0.2) is 6.04 Å². The third-order valence-electron chi connectivity index (χ3n) is 4.11. The molecule has 2 aromatic rings. The first-order chi connectivity index (χ1) is 9.88. The van der Waals surface area contributed by atoms with Crippen LogP contribution in [0.3, 0.4) is 0 Å². The van der Waals surface area contributed by atoms with Crippen LogP contribution in [0.1, 0.15) is 43.9 Å². The minimum absolute atomic E-state index is 0.600. The molecule has 0 radical (unpaired) electrons. The highest BCUT2D eigenvalue weighted by molar-refractivity contribution is 5.82. The second kappa shape index (κ2) is 6.27. The Kier molecular flexibility index (Phi) is 4.22. The van der Waals surface area contributed by atoms with Gasteiger partial charge in [-0.25, -0.2) is 0 Å². The fourth-order valence-corrected chi connectivity index (χ4v) is 2.91. The van der Waals surface area contributed by atoms with Crippen LogP contribution >= 0.6 is 0 Å². The predicted molar refractivity (Wildman–Crippen MR) is 83.8 cm³/mol. The number of rotatable bonds is 6. The first-order valence-corrected chi connectivity index (χ1v) is 7.76. The Morgan fingerprint density at radius 3 is 2.80 bits per heavy atom. The molecule has 2 heteroatoms. The Hall–Kier alpha value is -1.54. The van der Waals surface area contributed by atoms with Crippen molar-refractivity contribution in [3.05, 3.63) is 47.7 Å². The Balaban J connectivity index is 1.81. The highest BCUT2D eigenvalue weighted by Crippen LogP contribution is 2.27. The average molecular weight is 269 g/mol. The van der Waals surface area contributed by atoms with Crippen LogP contribution in [-0.2, 0) is 13.0 Å². The second-order valence-electron chi connectivity index (χ2n) is 5.62. The summed E-state index contributed by atoms with van der Waals surface area (Å²) in [6.45, 7) is 3.15. The molecule has 0 bridgehead atoms. The van der Waals surface area contributed by atoms with E-state index in [-0.39, 0.29) is 0 Å². The zero-order valence-electron chi connectivity index (χ0n) is 12.2. The van der Waals surface area contributed by atoms with Crippen molar-refractivity contribution in [2.45, 2.75) is 51.6 Å². The first-order valence-electron chi connectivity index (χ1n) is 7.76. The van der Waals surface area contributed by atoms with E-state index in [1.54, 1.807) is 0 Å². The van der Waals surface area contributed by atoms with Crippen molar-refractivity contribution in [3.63, 3.8) is 0 Å². The zero-order chi connectivity index (χ0) is 13.8. The third-order valence-corrected chi connectivity index (χ3v) is 4.11. The summed E-state index contributed by atoms with van der Waals surface area (Å²) < 4.78 is 6.06. The van der Waals surface area contributed by atoms with Gasteiger partial charge in [0.1, 0.15) is 11.3 Å². The van der Waals surface area contributed by atoms with E-state index in [0.29, 0.717) is 6.04 Å². The van der Waals surface area contributed by atoms with E-state index in [1.807, 2.05) is 6.07 Å². The van der Waals surface area contributed by atoms with Crippen molar-refractivity contribution >= 4 is 11.0 Å². The molecular formula is C18H23NO. The van der Waals surface area contributed by atoms with Crippen LogP contribution in [0.25, 0.3) is 11.0 Å². The average Bonchev–Trinajstić information content (AvgIpc) is 3.10. The lowest BCUT2D eigenvalue weighted by molar-refractivity contribution is 0.506. The van der Waals surface area contributed by atoms with Crippen LogP contribution in [0.15, 0.2) is 40.8 Å². The van der Waals surface area contributed by atoms with Gasteiger partial charge in [-0.1, -0.05) is 43.7 Å². The van der Waals surface area contributed by atoms with E-state index in [9.17, 15) is 0 Å². The molecule has 1 heterocycles. The Morgan fingerprint density at radius 2 is 2.00 bits per heavy atom. The molecule has 0 atom stereocenters. The summed E-state index contributed by atoms with van der Waals surface area (Å²) in [5.41, 5.74) is 2.39. The summed E-state index contributed by atoms with van der Waals surface area (Å²) in [5.74, 6) is 1.17. The Labute approximate surface area is 120 Å². The number of para-hydroxylation sites is 1. The van der Waals surface area contributed by atoms with Gasteiger partial charge in [-0.2, -0.15) is 0 Å². The molecule has 0 fully saturated rings. The lowest BCUT2D eigenvalue weighted by Gasteiger charge is -2.12. The molecule has 1 aromatic carbocycles. The second-order valence-corrected chi connectivity index (χ2v) is 5.62. The summed E-state index contributed by atoms with van der Waals surface area (Å²) in [5, 5.41) is 4.95. The van der Waals surface area contributed by atoms with Crippen molar-refractivity contribution in [1.29, 1.82) is 0 Å². The third kappa shape index (κ3) is 2.80. The van der Waals surface area contributed by atoms with E-state index >= 15 is 0 Å². The summed E-state index contributed by atoms with van der Waals surface area (Å²) in [7, 11) is 0. The van der Waals surface area contributed by atoms with Crippen molar-refractivity contribution in [1.82, 2.24) is 5.32 Å². The number of unbranched alkanes of at least 4 members (excludes halogenated alkanes) is 1. The maximum Gasteiger partial charge on any atom is 0.134 e. The van der Waals surface area contributed by atoms with Gasteiger partial charge < -0.3 is 9.73 Å². The SMILES string of the molecule is CCCCc1oc2ccccc2c1CNC1CC=CC1. The largest absolute Gasteiger partial charge is 0.461 e. The fraction of sp³-hybridized carbons (Fsp3) is 0.444. The zero-order valence-corrected chi connectivity index (χ0v) is 12.2. The molecule has 20 heavy (non-hydrogen) atoms. The summed E-state index contributed by atoms with van der Waals surface area (Å²) in [4.78, 5) is 0. The monoisotopic (exact) mass is 269 g/mol. The normalized spacial score (nSPS) is 15.4. The van der Waals surface area contributed by atoms with E-state index < -0.39 is 0 Å². The number of fused-ring (bicyclic) bond motifs is 1. The quantitative estimate of drug-likeness (QED) is 0.776. The van der Waals surface area contributed by atoms with Gasteiger partial charge in [0.2, 0.25) is 0 Å². The lowest BCUT2D eigenvalue weighted by atomic mass is 10.1. The van der Waals surface area contributed by atoms with Gasteiger partial charge in [0.05, 0.1) is 0 Å². The maximum atomic E-state index is 6.06. The number of hydrogen-bond donors (Lipinski definition) is 1. The molecule has 0 aliphatic heterocycles. The van der Waals surface area contributed by atoms with Gasteiger partial charge in [-0.05, 0) is 25.3 Å². The number of furan rings is 1. The van der Waals surface area contributed by atoms with Crippen molar-refractivity contribution in [2.24, 2.45) is 0 Å². The molecule has 2 nitrogen and oxygen atoms in total. The molecule has 0 saturated heterocycles. The standard InChI is InChI=1S/C18H23NO/c1-2-3-11-18-16(13-19-14-8-4-5-9-14)15-10-6-7-12-17(15)20-18/h4-7,10,12,14,19H,2-3,8-9,11,13H2,1H3. The number of benzene rings is 1. The molecule has 0 spiro atoms. The van der Waals surface area contributed by atoms with Crippen molar-refractivity contribution in [2.75, 3.05) is 0 Å². The highest BCUT2D eigenvalue weighted by atomic mass is 16.3. The topological polar surface area (TPSA) is 25.2 Å². The van der Waals surface area contributed by atoms with Gasteiger partial charge in [-0.15, -0.1) is 0 Å². The van der Waals surface area contributed by atoms with Crippen LogP contribution in [0.4, 0.5) is 0 Å². The summed E-state index contributed by atoms with van der Waals surface area (Å²) in [6.07, 6.45) is 10.3. The van der Waals surface area contributed by atoms with E-state index in [1.165, 1.54) is 29.6 Å². The van der Waals surface area contributed by atoms with Crippen LogP contribution in [0.2, 0.25) is 0 Å². The summed E-state index contributed by atoms with van der Waals surface area (Å²) in [6, 6.07) is 9.00. The Morgan fingerprint density at radius 1 is 1.20 bits per heavy atom. The molecule has 0 saturated carbocycles. The lowest BCUT2D eigenvalue weighted by Crippen LogP contribution is -2.25. The van der Waals surface area contributed by atoms with Gasteiger partial charge in [0.25, 0.3) is 0 Å². The molecule has 1 aliphatic rings. The minimum Gasteiger partial charge on any atom is -0.461 e. The molecular weight excluding hydrogens is 246 g/mol. The van der Waals surface area contributed by atoms with Crippen LogP contribution in [0.5, 0.6) is 0 Å². The number of hydrogen-bond acceptors (Lipinski definition) is 2. The maximum absolute atomic E-state index is 6.06. The molecule has 1 N–H and O–H groups in total. The van der Waals surface area contributed by atoms with Gasteiger partial charge in [0.15, 0.2) is 0 Å². The fourth-order valence-electron chi connectivity index (χ4n) is 2.91. The van der Waals surface area contributed by atoms with E-state index in [2.05, 4.69) is 42.6 Å². The Bertz CT molecular complexity index is 588. The molecule has 0 amide bonds. The number of nitrogens with one attached hydrogen (secondary N) is 1. The summed E-state index contributed by atoms with van der Waals surface area (Å²) >= 11 is 0. The predicted octanol–water partition coefficient (Wildman–Crippen LogP) is 4.58. The minimum atomic E-state index is 0.600. The molecule has 1 aromatic heterocycles. The van der Waals surface area contributed by atoms with Crippen LogP contribution in [0, 0.1) is 0 Å². The number of aryl methyl sites for hydroxylation is 1. The molecule has 106 valence electrons. The van der Waals surface area contributed by atoms with Gasteiger partial charge in [-0.3, -0.25) is 0 Å². The van der Waals surface area contributed by atoms with Gasteiger partial charge >= 0.3 is 0 Å². The van der Waals surface area contributed by atoms with Gasteiger partial charge in [0, 0.05) is 30.0 Å². The smallest absolute Gasteiger partial charge is 0.134 e. The highest BCUT2D eigenvalue weighted by Gasteiger charge is 2.15. The van der Waals surface area contributed by atoms with Crippen molar-refractivity contribution in [3.8, 4) is 0 Å². The first kappa shape index (κ1) is 13.4. The molecule has 1 aliphatic carbocycles. The molecule has 3 rings (SSSR count). The van der Waals surface area contributed by atoms with E-state index in [0.717, 1.165) is 31.4 Å². The van der Waals surface area contributed by atoms with E-state index in [4.69, 9.17) is 4.42 Å². The van der Waals surface area contributed by atoms with Crippen LogP contribution < -0.4 is 5.32 Å².